The minimum Gasteiger partial charge on any atom is -0.378 e. The summed E-state index contributed by atoms with van der Waals surface area (Å²) in [4.78, 5) is 18.4. The fourth-order valence-corrected chi connectivity index (χ4v) is 4.60. The van der Waals surface area contributed by atoms with Gasteiger partial charge in [-0.3, -0.25) is 4.79 Å². The molecule has 0 bridgehead atoms. The third-order valence-corrected chi connectivity index (χ3v) is 6.20. The van der Waals surface area contributed by atoms with Crippen molar-refractivity contribution in [3.05, 3.63) is 35.0 Å². The number of rotatable bonds is 2. The predicted molar refractivity (Wildman–Crippen MR) is 102 cm³/mol. The maximum absolute atomic E-state index is 13.1. The highest BCUT2D eigenvalue weighted by atomic mass is 16.5. The summed E-state index contributed by atoms with van der Waals surface area (Å²) in [6.45, 7) is 6.34. The Morgan fingerprint density at radius 2 is 2.08 bits per heavy atom. The van der Waals surface area contributed by atoms with E-state index in [4.69, 9.17) is 9.47 Å². The highest BCUT2D eigenvalue weighted by Crippen LogP contribution is 2.37. The van der Waals surface area contributed by atoms with Crippen LogP contribution in [0.2, 0.25) is 0 Å². The summed E-state index contributed by atoms with van der Waals surface area (Å²) in [5, 5.41) is 1.14. The Bertz CT molecular complexity index is 818. The molecule has 2 saturated heterocycles. The van der Waals surface area contributed by atoms with E-state index in [0.717, 1.165) is 54.5 Å². The molecule has 26 heavy (non-hydrogen) atoms. The number of benzene rings is 1. The molecule has 1 aromatic heterocycles. The maximum Gasteiger partial charge on any atom is 0.270 e. The second kappa shape index (κ2) is 6.71. The zero-order chi connectivity index (χ0) is 18.3. The van der Waals surface area contributed by atoms with Gasteiger partial charge in [0.2, 0.25) is 0 Å². The zero-order valence-electron chi connectivity index (χ0n) is 15.9. The van der Waals surface area contributed by atoms with E-state index in [0.29, 0.717) is 13.1 Å². The third kappa shape index (κ3) is 2.83. The number of carbonyl (C=O) groups excluding carboxylic acids is 1. The Kier molecular flexibility index (Phi) is 4.53. The minimum atomic E-state index is -0.212. The highest BCUT2D eigenvalue weighted by molar-refractivity contribution is 6.01. The van der Waals surface area contributed by atoms with Gasteiger partial charge in [-0.15, -0.1) is 0 Å². The van der Waals surface area contributed by atoms with Gasteiger partial charge in [0.15, 0.2) is 0 Å². The lowest BCUT2D eigenvalue weighted by Crippen LogP contribution is -2.56. The Labute approximate surface area is 154 Å². The van der Waals surface area contributed by atoms with E-state index in [1.54, 1.807) is 7.11 Å². The number of amides is 1. The van der Waals surface area contributed by atoms with Gasteiger partial charge in [0.1, 0.15) is 5.69 Å². The monoisotopic (exact) mass is 356 g/mol. The van der Waals surface area contributed by atoms with Gasteiger partial charge >= 0.3 is 0 Å². The molecule has 1 spiro atoms. The molecule has 2 aromatic rings. The third-order valence-electron chi connectivity index (χ3n) is 6.20. The second-order valence-electron chi connectivity index (χ2n) is 7.75. The van der Waals surface area contributed by atoms with E-state index in [9.17, 15) is 4.79 Å². The van der Waals surface area contributed by atoms with E-state index >= 15 is 0 Å². The molecule has 1 amide bonds. The lowest BCUT2D eigenvalue weighted by molar-refractivity contribution is -0.183. The molecule has 0 saturated carbocycles. The van der Waals surface area contributed by atoms with Gasteiger partial charge in [0.25, 0.3) is 5.91 Å². The molecule has 5 heteroatoms. The molecule has 1 unspecified atom stereocenters. The molecule has 1 atom stereocenters. The summed E-state index contributed by atoms with van der Waals surface area (Å²) in [6.07, 6.45) is 3.93. The lowest BCUT2D eigenvalue weighted by atomic mass is 9.81. The molecule has 5 nitrogen and oxygen atoms in total. The van der Waals surface area contributed by atoms with Gasteiger partial charge in [-0.05, 0) is 57.2 Å². The predicted octanol–water partition coefficient (Wildman–Crippen LogP) is 3.58. The summed E-state index contributed by atoms with van der Waals surface area (Å²) >= 11 is 0. The molecule has 4 rings (SSSR count). The molecule has 3 heterocycles. The normalized spacial score (nSPS) is 22.9. The number of nitrogens with one attached hydrogen (secondary N) is 1. The SMILES string of the molecule is COC1CCCOC12CCN(C(=O)c1[nH]c3ccc(C)cc3c1C)CC2. The van der Waals surface area contributed by atoms with Crippen LogP contribution >= 0.6 is 0 Å². The number of aryl methyl sites for hydroxylation is 2. The van der Waals surface area contributed by atoms with Crippen molar-refractivity contribution in [1.29, 1.82) is 0 Å². The van der Waals surface area contributed by atoms with Crippen molar-refractivity contribution in [2.45, 2.75) is 51.2 Å². The average molecular weight is 356 g/mol. The van der Waals surface area contributed by atoms with Crippen LogP contribution in [0.4, 0.5) is 0 Å². The molecular weight excluding hydrogens is 328 g/mol. The van der Waals surface area contributed by atoms with Crippen molar-refractivity contribution in [2.75, 3.05) is 26.8 Å². The number of methoxy groups -OCH3 is 1. The van der Waals surface area contributed by atoms with E-state index in [2.05, 4.69) is 30.1 Å². The van der Waals surface area contributed by atoms with Crippen LogP contribution in [0.25, 0.3) is 10.9 Å². The molecule has 2 aliphatic rings. The van der Waals surface area contributed by atoms with Crippen LogP contribution in [0.5, 0.6) is 0 Å². The summed E-state index contributed by atoms with van der Waals surface area (Å²) in [5.74, 6) is 0.0935. The number of H-pyrrole nitrogens is 1. The first-order chi connectivity index (χ1) is 12.5. The number of fused-ring (bicyclic) bond motifs is 1. The van der Waals surface area contributed by atoms with Crippen LogP contribution in [-0.4, -0.2) is 54.3 Å². The van der Waals surface area contributed by atoms with Gasteiger partial charge < -0.3 is 19.4 Å². The molecule has 0 radical (unpaired) electrons. The summed E-state index contributed by atoms with van der Waals surface area (Å²) < 4.78 is 11.9. The van der Waals surface area contributed by atoms with Gasteiger partial charge in [-0.1, -0.05) is 11.6 Å². The lowest BCUT2D eigenvalue weighted by Gasteiger charge is -2.47. The van der Waals surface area contributed by atoms with Gasteiger partial charge in [0, 0.05) is 37.7 Å². The highest BCUT2D eigenvalue weighted by Gasteiger charge is 2.45. The van der Waals surface area contributed by atoms with E-state index < -0.39 is 0 Å². The Morgan fingerprint density at radius 3 is 2.81 bits per heavy atom. The van der Waals surface area contributed by atoms with Crippen molar-refractivity contribution in [3.63, 3.8) is 0 Å². The van der Waals surface area contributed by atoms with Crippen LogP contribution in [0.1, 0.15) is 47.3 Å². The Hall–Kier alpha value is -1.85. The van der Waals surface area contributed by atoms with Crippen molar-refractivity contribution < 1.29 is 14.3 Å². The maximum atomic E-state index is 13.1. The number of aromatic nitrogens is 1. The van der Waals surface area contributed by atoms with Gasteiger partial charge in [-0.25, -0.2) is 0 Å². The van der Waals surface area contributed by atoms with Crippen LogP contribution < -0.4 is 0 Å². The average Bonchev–Trinajstić information content (AvgIpc) is 2.98. The topological polar surface area (TPSA) is 54.6 Å². The number of ether oxygens (including phenoxy) is 2. The Balaban J connectivity index is 1.53. The first-order valence-corrected chi connectivity index (χ1v) is 9.59. The molecule has 1 aromatic carbocycles. The number of carbonyl (C=O) groups is 1. The molecule has 1 N–H and O–H groups in total. The van der Waals surface area contributed by atoms with Crippen LogP contribution in [-0.2, 0) is 9.47 Å². The first kappa shape index (κ1) is 17.6. The van der Waals surface area contributed by atoms with Crippen molar-refractivity contribution >= 4 is 16.8 Å². The standard InChI is InChI=1S/C21H28N2O3/c1-14-6-7-17-16(13-14)15(2)19(22-17)20(24)23-10-8-21(9-11-23)18(25-3)5-4-12-26-21/h6-7,13,18,22H,4-5,8-12H2,1-3H3. The fourth-order valence-electron chi connectivity index (χ4n) is 4.60. The van der Waals surface area contributed by atoms with E-state index in [1.165, 1.54) is 5.56 Å². The molecule has 0 aliphatic carbocycles. The largest absolute Gasteiger partial charge is 0.378 e. The van der Waals surface area contributed by atoms with Gasteiger partial charge in [0.05, 0.1) is 11.7 Å². The molecule has 2 aliphatic heterocycles. The number of piperidine rings is 1. The summed E-state index contributed by atoms with van der Waals surface area (Å²) in [6, 6.07) is 6.27. The number of nitrogens with zero attached hydrogens (tertiary/aromatic N) is 1. The van der Waals surface area contributed by atoms with Crippen molar-refractivity contribution in [3.8, 4) is 0 Å². The van der Waals surface area contributed by atoms with Crippen LogP contribution in [0.3, 0.4) is 0 Å². The summed E-state index contributed by atoms with van der Waals surface area (Å²) in [7, 11) is 1.77. The van der Waals surface area contributed by atoms with Crippen molar-refractivity contribution in [2.24, 2.45) is 0 Å². The zero-order valence-corrected chi connectivity index (χ0v) is 15.9. The van der Waals surface area contributed by atoms with Crippen LogP contribution in [0.15, 0.2) is 18.2 Å². The number of hydrogen-bond donors (Lipinski definition) is 1. The van der Waals surface area contributed by atoms with E-state index in [-0.39, 0.29) is 17.6 Å². The quantitative estimate of drug-likeness (QED) is 0.895. The van der Waals surface area contributed by atoms with E-state index in [1.807, 2.05) is 11.8 Å². The summed E-state index contributed by atoms with van der Waals surface area (Å²) in [5.41, 5.74) is 3.78. The molecule has 140 valence electrons. The smallest absolute Gasteiger partial charge is 0.270 e. The fraction of sp³-hybridized carbons (Fsp3) is 0.571. The van der Waals surface area contributed by atoms with Crippen LogP contribution in [0, 0.1) is 13.8 Å². The minimum absolute atomic E-state index is 0.0935. The second-order valence-corrected chi connectivity index (χ2v) is 7.75. The number of aromatic amines is 1. The Morgan fingerprint density at radius 1 is 1.31 bits per heavy atom. The molecular formula is C21H28N2O3. The first-order valence-electron chi connectivity index (χ1n) is 9.59. The number of hydrogen-bond acceptors (Lipinski definition) is 3. The number of likely N-dealkylation sites (tertiary alicyclic amines) is 1. The van der Waals surface area contributed by atoms with Crippen molar-refractivity contribution in [1.82, 2.24) is 9.88 Å². The molecule has 2 fully saturated rings. The van der Waals surface area contributed by atoms with Gasteiger partial charge in [-0.2, -0.15) is 0 Å².